The average Bonchev–Trinajstić information content (AvgIpc) is 2.54. The molecule has 0 aliphatic rings. The number of hydrogen-bond donors (Lipinski definition) is 3. The summed E-state index contributed by atoms with van der Waals surface area (Å²) in [5.41, 5.74) is 1.51. The van der Waals surface area contributed by atoms with Gasteiger partial charge in [-0.2, -0.15) is 4.99 Å². The van der Waals surface area contributed by atoms with Gasteiger partial charge in [-0.15, -0.1) is 0 Å². The second kappa shape index (κ2) is 7.83. The molecule has 7 heteroatoms. The summed E-state index contributed by atoms with van der Waals surface area (Å²) >= 11 is 5.85. The van der Waals surface area contributed by atoms with Gasteiger partial charge in [0, 0.05) is 17.3 Å². The number of aromatic nitrogens is 1. The molecule has 0 saturated heterocycles. The third-order valence-corrected chi connectivity index (χ3v) is 3.96. The van der Waals surface area contributed by atoms with Crippen LogP contribution >= 0.6 is 11.6 Å². The molecule has 6 nitrogen and oxygen atoms in total. The van der Waals surface area contributed by atoms with E-state index in [4.69, 9.17) is 16.3 Å². The Balaban J connectivity index is 2.20. The number of aromatic hydroxyl groups is 1. The zero-order chi connectivity index (χ0) is 19.5. The summed E-state index contributed by atoms with van der Waals surface area (Å²) in [6.45, 7) is 7.96. The molecule has 26 heavy (non-hydrogen) atoms. The fourth-order valence-electron chi connectivity index (χ4n) is 2.45. The molecule has 0 radical (unpaired) electrons. The molecule has 0 unspecified atom stereocenters. The van der Waals surface area contributed by atoms with Crippen LogP contribution in [-0.4, -0.2) is 26.5 Å². The van der Waals surface area contributed by atoms with Gasteiger partial charge in [0.05, 0.1) is 6.54 Å². The summed E-state index contributed by atoms with van der Waals surface area (Å²) in [6.07, 6.45) is -0.236. The van der Waals surface area contributed by atoms with E-state index in [2.05, 4.69) is 4.99 Å². The van der Waals surface area contributed by atoms with Crippen molar-refractivity contribution in [2.24, 2.45) is 0 Å². The third-order valence-electron chi connectivity index (χ3n) is 3.61. The summed E-state index contributed by atoms with van der Waals surface area (Å²) in [5.74, 6) is -0.215. The van der Waals surface area contributed by atoms with Gasteiger partial charge < -0.3 is 19.5 Å². The minimum absolute atomic E-state index is 0.188. The Morgan fingerprint density at radius 3 is 2.58 bits per heavy atom. The molecule has 0 aliphatic heterocycles. The normalized spacial score (nSPS) is 12.3. The van der Waals surface area contributed by atoms with E-state index in [1.807, 2.05) is 45.0 Å². The number of pyridine rings is 1. The first-order chi connectivity index (χ1) is 12.1. The first kappa shape index (κ1) is 19.8. The van der Waals surface area contributed by atoms with Crippen molar-refractivity contribution in [3.63, 3.8) is 0 Å². The Kier molecular flexibility index (Phi) is 5.97. The van der Waals surface area contributed by atoms with E-state index in [1.165, 1.54) is 10.6 Å². The van der Waals surface area contributed by atoms with Crippen LogP contribution in [0.15, 0.2) is 35.1 Å². The van der Waals surface area contributed by atoms with Gasteiger partial charge in [0.1, 0.15) is 16.4 Å². The van der Waals surface area contributed by atoms with E-state index in [0.717, 1.165) is 11.1 Å². The van der Waals surface area contributed by atoms with Crippen molar-refractivity contribution < 1.29 is 19.9 Å². The number of aliphatic hydroxyl groups excluding tert-OH is 1. The molecule has 1 aromatic carbocycles. The van der Waals surface area contributed by atoms with Crippen LogP contribution in [0.2, 0.25) is 5.02 Å². The van der Waals surface area contributed by atoms with Crippen molar-refractivity contribution in [3.05, 3.63) is 62.5 Å². The summed E-state index contributed by atoms with van der Waals surface area (Å²) in [5, 5.41) is 19.2. The molecular weight excluding hydrogens is 356 g/mol. The maximum atomic E-state index is 12.3. The smallest absolute Gasteiger partial charge is 0.506 e. The second-order valence-electron chi connectivity index (χ2n) is 7.07. The van der Waals surface area contributed by atoms with E-state index < -0.39 is 11.2 Å². The number of hydrogen-bond acceptors (Lipinski definition) is 3. The average molecular weight is 380 g/mol. The van der Waals surface area contributed by atoms with E-state index >= 15 is 0 Å². The quantitative estimate of drug-likeness (QED) is 0.559. The van der Waals surface area contributed by atoms with Gasteiger partial charge in [0.25, 0.3) is 5.56 Å². The van der Waals surface area contributed by atoms with E-state index in [1.54, 1.807) is 6.92 Å². The van der Waals surface area contributed by atoms with Gasteiger partial charge in [-0.1, -0.05) is 29.8 Å². The molecule has 0 saturated carbocycles. The maximum Gasteiger partial charge on any atom is 0.545 e. The van der Waals surface area contributed by atoms with Crippen molar-refractivity contribution >= 4 is 17.7 Å². The SMILES string of the molecule is Cc1cc(O)c(Cl)c(=O)n1Cc1cccc(C[NH+]=C(O)OC(C)(C)C)c1. The lowest BCUT2D eigenvalue weighted by molar-refractivity contribution is -0.497. The molecule has 0 aliphatic carbocycles. The van der Waals surface area contributed by atoms with Crippen molar-refractivity contribution in [1.82, 2.24) is 4.57 Å². The van der Waals surface area contributed by atoms with Crippen molar-refractivity contribution in [2.75, 3.05) is 0 Å². The van der Waals surface area contributed by atoms with E-state index in [0.29, 0.717) is 18.8 Å². The number of aryl methyl sites for hydroxylation is 1. The Morgan fingerprint density at radius 1 is 1.27 bits per heavy atom. The Morgan fingerprint density at radius 2 is 1.92 bits per heavy atom. The molecule has 0 amide bonds. The first-order valence-corrected chi connectivity index (χ1v) is 8.60. The topological polar surface area (TPSA) is 85.7 Å². The van der Waals surface area contributed by atoms with Gasteiger partial charge in [-0.25, -0.2) is 0 Å². The van der Waals surface area contributed by atoms with Crippen LogP contribution in [0.5, 0.6) is 5.75 Å². The van der Waals surface area contributed by atoms with E-state index in [-0.39, 0.29) is 16.9 Å². The lowest BCUT2D eigenvalue weighted by Crippen LogP contribution is -2.72. The second-order valence-corrected chi connectivity index (χ2v) is 7.45. The molecular formula is C19H24ClN2O4+. The highest BCUT2D eigenvalue weighted by molar-refractivity contribution is 6.31. The maximum absolute atomic E-state index is 12.3. The Bertz CT molecular complexity index is 882. The predicted molar refractivity (Wildman–Crippen MR) is 101 cm³/mol. The summed E-state index contributed by atoms with van der Waals surface area (Å²) in [4.78, 5) is 15.1. The number of nitrogens with one attached hydrogen (secondary N) is 1. The van der Waals surface area contributed by atoms with Gasteiger partial charge in [0.2, 0.25) is 0 Å². The van der Waals surface area contributed by atoms with Gasteiger partial charge >= 0.3 is 6.08 Å². The molecule has 1 aromatic heterocycles. The predicted octanol–water partition coefficient (Wildman–Crippen LogP) is 1.87. The molecule has 3 N–H and O–H groups in total. The zero-order valence-corrected chi connectivity index (χ0v) is 16.1. The zero-order valence-electron chi connectivity index (χ0n) is 15.3. The molecule has 2 aromatic rings. The number of aliphatic hydroxyl groups is 1. The number of ether oxygens (including phenoxy) is 1. The van der Waals surface area contributed by atoms with Crippen LogP contribution in [-0.2, 0) is 17.8 Å². The van der Waals surface area contributed by atoms with Crippen molar-refractivity contribution in [1.29, 1.82) is 0 Å². The Labute approximate surface area is 157 Å². The summed E-state index contributed by atoms with van der Waals surface area (Å²) < 4.78 is 6.82. The van der Waals surface area contributed by atoms with Crippen LogP contribution in [0.3, 0.4) is 0 Å². The molecule has 0 atom stereocenters. The Hall–Kier alpha value is -2.47. The minimum atomic E-state index is -0.490. The van der Waals surface area contributed by atoms with Crippen LogP contribution in [0, 0.1) is 6.92 Å². The van der Waals surface area contributed by atoms with Crippen LogP contribution < -0.4 is 10.6 Å². The molecule has 0 fully saturated rings. The van der Waals surface area contributed by atoms with Crippen LogP contribution in [0.25, 0.3) is 0 Å². The van der Waals surface area contributed by atoms with Crippen molar-refractivity contribution in [3.8, 4) is 5.75 Å². The van der Waals surface area contributed by atoms with Gasteiger partial charge in [-0.05, 0) is 39.3 Å². The van der Waals surface area contributed by atoms with E-state index in [9.17, 15) is 15.0 Å². The fourth-order valence-corrected chi connectivity index (χ4v) is 2.60. The molecule has 2 rings (SSSR count). The lowest BCUT2D eigenvalue weighted by atomic mass is 10.1. The minimum Gasteiger partial charge on any atom is -0.506 e. The third kappa shape index (κ3) is 5.26. The number of halogens is 1. The fraction of sp³-hybridized carbons (Fsp3) is 0.368. The van der Waals surface area contributed by atoms with Gasteiger partial charge in [-0.3, -0.25) is 4.79 Å². The largest absolute Gasteiger partial charge is 0.545 e. The highest BCUT2D eigenvalue weighted by Crippen LogP contribution is 2.20. The monoisotopic (exact) mass is 379 g/mol. The summed E-state index contributed by atoms with van der Waals surface area (Å²) in [6, 6.07) is 9.05. The molecule has 0 bridgehead atoms. The highest BCUT2D eigenvalue weighted by Gasteiger charge is 2.17. The number of nitrogens with zero attached hydrogens (tertiary/aromatic N) is 1. The van der Waals surface area contributed by atoms with Crippen molar-refractivity contribution in [2.45, 2.75) is 46.4 Å². The first-order valence-electron chi connectivity index (χ1n) is 8.22. The highest BCUT2D eigenvalue weighted by atomic mass is 35.5. The molecule has 0 spiro atoms. The molecule has 1 heterocycles. The lowest BCUT2D eigenvalue weighted by Gasteiger charge is -2.15. The van der Waals surface area contributed by atoms with Gasteiger partial charge in [0.15, 0.2) is 6.54 Å². The van der Waals surface area contributed by atoms with Crippen LogP contribution in [0.1, 0.15) is 37.6 Å². The summed E-state index contributed by atoms with van der Waals surface area (Å²) in [7, 11) is 0. The van der Waals surface area contributed by atoms with Crippen LogP contribution in [0.4, 0.5) is 0 Å². The standard InChI is InChI=1S/C19H23ClN2O4/c1-12-8-15(23)16(20)17(24)22(12)11-14-7-5-6-13(9-14)10-21-18(25)26-19(2,3)4/h5-9,23H,10-11H2,1-4H3,(H,21,25)/p+1. The molecule has 140 valence electrons. The number of rotatable bonds is 4. The number of benzene rings is 1.